The lowest BCUT2D eigenvalue weighted by molar-refractivity contribution is 0.453. The molecule has 1 aliphatic carbocycles. The number of hydrogen-bond donors (Lipinski definition) is 1. The molecule has 1 aromatic heterocycles. The summed E-state index contributed by atoms with van der Waals surface area (Å²) in [5, 5.41) is 0. The summed E-state index contributed by atoms with van der Waals surface area (Å²) in [6.07, 6.45) is 3.31. The zero-order valence-corrected chi connectivity index (χ0v) is 14.0. The molecule has 3 nitrogen and oxygen atoms in total. The molecule has 0 radical (unpaired) electrons. The van der Waals surface area contributed by atoms with E-state index in [-0.39, 0.29) is 0 Å². The van der Waals surface area contributed by atoms with E-state index in [0.717, 1.165) is 45.4 Å². The molecule has 0 atom stereocenters. The summed E-state index contributed by atoms with van der Waals surface area (Å²) < 4.78 is 7.15. The van der Waals surface area contributed by atoms with Crippen LogP contribution in [0.5, 0.6) is 11.6 Å². The highest BCUT2D eigenvalue weighted by molar-refractivity contribution is 9.10. The number of aryl methyl sites for hydroxylation is 4. The minimum Gasteiger partial charge on any atom is -0.439 e. The fraction of sp³-hybridized carbons (Fsp3) is 0.353. The van der Waals surface area contributed by atoms with E-state index < -0.39 is 0 Å². The third-order valence-electron chi connectivity index (χ3n) is 3.93. The van der Waals surface area contributed by atoms with Gasteiger partial charge in [0.05, 0.1) is 0 Å². The van der Waals surface area contributed by atoms with E-state index >= 15 is 0 Å². The van der Waals surface area contributed by atoms with E-state index in [1.54, 1.807) is 0 Å². The molecule has 2 N–H and O–H groups in total. The van der Waals surface area contributed by atoms with Gasteiger partial charge in [0.15, 0.2) is 0 Å². The second kappa shape index (κ2) is 5.78. The van der Waals surface area contributed by atoms with Gasteiger partial charge in [-0.15, -0.1) is 0 Å². The van der Waals surface area contributed by atoms with Crippen LogP contribution in [0.25, 0.3) is 0 Å². The SMILES string of the molecule is Cc1cc(Oc2nc3c(cc2CN)CCC3)cc(C)c1Br. The Kier molecular flexibility index (Phi) is 4.00. The van der Waals surface area contributed by atoms with Crippen LogP contribution < -0.4 is 10.5 Å². The average Bonchev–Trinajstić information content (AvgIpc) is 2.91. The summed E-state index contributed by atoms with van der Waals surface area (Å²) in [7, 11) is 0. The second-order valence-corrected chi connectivity index (χ2v) is 6.38. The van der Waals surface area contributed by atoms with Crippen LogP contribution in [0.4, 0.5) is 0 Å². The first-order valence-corrected chi connectivity index (χ1v) is 8.04. The number of pyridine rings is 1. The molecule has 0 unspecified atom stereocenters. The molecule has 1 heterocycles. The van der Waals surface area contributed by atoms with Crippen molar-refractivity contribution in [1.29, 1.82) is 0 Å². The summed E-state index contributed by atoms with van der Waals surface area (Å²) >= 11 is 3.58. The first kappa shape index (κ1) is 14.5. The van der Waals surface area contributed by atoms with Gasteiger partial charge < -0.3 is 10.5 Å². The first-order valence-electron chi connectivity index (χ1n) is 7.25. The standard InChI is InChI=1S/C17H19BrN2O/c1-10-6-14(7-11(2)16(10)18)21-17-13(9-19)8-12-4-3-5-15(12)20-17/h6-8H,3-5,9,19H2,1-2H3. The molecule has 0 aliphatic heterocycles. The van der Waals surface area contributed by atoms with Gasteiger partial charge in [0.2, 0.25) is 5.88 Å². The Labute approximate surface area is 133 Å². The molecule has 0 spiro atoms. The Hall–Kier alpha value is -1.39. The first-order chi connectivity index (χ1) is 10.1. The molecule has 2 aromatic rings. The minimum absolute atomic E-state index is 0.449. The number of ether oxygens (including phenoxy) is 1. The number of halogens is 1. The second-order valence-electron chi connectivity index (χ2n) is 5.59. The van der Waals surface area contributed by atoms with Crippen molar-refractivity contribution in [2.75, 3.05) is 0 Å². The van der Waals surface area contributed by atoms with E-state index in [0.29, 0.717) is 12.4 Å². The Bertz CT molecular complexity index is 674. The van der Waals surface area contributed by atoms with Crippen molar-refractivity contribution in [2.24, 2.45) is 5.73 Å². The van der Waals surface area contributed by atoms with Gasteiger partial charge in [-0.2, -0.15) is 0 Å². The van der Waals surface area contributed by atoms with Gasteiger partial charge in [-0.25, -0.2) is 4.98 Å². The van der Waals surface area contributed by atoms with Crippen molar-refractivity contribution in [3.63, 3.8) is 0 Å². The van der Waals surface area contributed by atoms with Crippen molar-refractivity contribution in [2.45, 2.75) is 39.7 Å². The number of nitrogens with two attached hydrogens (primary N) is 1. The van der Waals surface area contributed by atoms with Gasteiger partial charge in [-0.1, -0.05) is 15.9 Å². The fourth-order valence-electron chi connectivity index (χ4n) is 2.81. The highest BCUT2D eigenvalue weighted by Crippen LogP contribution is 2.32. The summed E-state index contributed by atoms with van der Waals surface area (Å²) in [6, 6.07) is 6.20. The molecule has 0 amide bonds. The summed E-state index contributed by atoms with van der Waals surface area (Å²) in [5.41, 5.74) is 11.6. The third-order valence-corrected chi connectivity index (χ3v) is 5.19. The summed E-state index contributed by atoms with van der Waals surface area (Å²) in [5.74, 6) is 1.47. The maximum atomic E-state index is 6.03. The topological polar surface area (TPSA) is 48.1 Å². The van der Waals surface area contributed by atoms with Gasteiger partial charge in [0, 0.05) is 22.3 Å². The lowest BCUT2D eigenvalue weighted by Gasteiger charge is -2.13. The molecule has 110 valence electrons. The normalized spacial score (nSPS) is 13.3. The quantitative estimate of drug-likeness (QED) is 0.905. The van der Waals surface area contributed by atoms with Crippen LogP contribution >= 0.6 is 15.9 Å². The lowest BCUT2D eigenvalue weighted by Crippen LogP contribution is -2.04. The number of nitrogens with zero attached hydrogens (tertiary/aromatic N) is 1. The molecule has 0 saturated heterocycles. The van der Waals surface area contributed by atoms with Crippen molar-refractivity contribution < 1.29 is 4.74 Å². The van der Waals surface area contributed by atoms with Crippen LogP contribution in [0.2, 0.25) is 0 Å². The summed E-state index contributed by atoms with van der Waals surface area (Å²) in [4.78, 5) is 4.69. The predicted molar refractivity (Wildman–Crippen MR) is 87.8 cm³/mol. The largest absolute Gasteiger partial charge is 0.439 e. The number of benzene rings is 1. The van der Waals surface area contributed by atoms with Crippen molar-refractivity contribution >= 4 is 15.9 Å². The smallest absolute Gasteiger partial charge is 0.223 e. The van der Waals surface area contributed by atoms with Crippen LogP contribution in [0.1, 0.15) is 34.4 Å². The number of rotatable bonds is 3. The van der Waals surface area contributed by atoms with Gasteiger partial charge in [0.1, 0.15) is 5.75 Å². The monoisotopic (exact) mass is 346 g/mol. The molecule has 4 heteroatoms. The minimum atomic E-state index is 0.449. The zero-order chi connectivity index (χ0) is 15.0. The molecule has 3 rings (SSSR count). The van der Waals surface area contributed by atoms with Crippen LogP contribution in [0.15, 0.2) is 22.7 Å². The van der Waals surface area contributed by atoms with Crippen molar-refractivity contribution in [3.05, 3.63) is 50.6 Å². The van der Waals surface area contributed by atoms with Gasteiger partial charge in [-0.05, 0) is 68.0 Å². The third kappa shape index (κ3) is 2.83. The zero-order valence-electron chi connectivity index (χ0n) is 12.4. The maximum Gasteiger partial charge on any atom is 0.223 e. The molecule has 0 saturated carbocycles. The maximum absolute atomic E-state index is 6.03. The molecule has 1 aromatic carbocycles. The van der Waals surface area contributed by atoms with E-state index in [1.807, 2.05) is 12.1 Å². The van der Waals surface area contributed by atoms with E-state index in [1.165, 1.54) is 12.0 Å². The Morgan fingerprint density at radius 1 is 1.19 bits per heavy atom. The van der Waals surface area contributed by atoms with E-state index in [2.05, 4.69) is 40.8 Å². The van der Waals surface area contributed by atoms with E-state index in [9.17, 15) is 0 Å². The summed E-state index contributed by atoms with van der Waals surface area (Å²) in [6.45, 7) is 4.57. The highest BCUT2D eigenvalue weighted by Gasteiger charge is 2.17. The lowest BCUT2D eigenvalue weighted by atomic mass is 10.1. The van der Waals surface area contributed by atoms with Crippen LogP contribution in [0, 0.1) is 13.8 Å². The Balaban J connectivity index is 1.98. The predicted octanol–water partition coefficient (Wildman–Crippen LogP) is 4.20. The Morgan fingerprint density at radius 3 is 2.57 bits per heavy atom. The number of hydrogen-bond acceptors (Lipinski definition) is 3. The van der Waals surface area contributed by atoms with Crippen molar-refractivity contribution in [1.82, 2.24) is 4.98 Å². The molecule has 21 heavy (non-hydrogen) atoms. The van der Waals surface area contributed by atoms with Gasteiger partial charge in [-0.3, -0.25) is 0 Å². The van der Waals surface area contributed by atoms with Crippen LogP contribution in [-0.2, 0) is 19.4 Å². The van der Waals surface area contributed by atoms with Gasteiger partial charge in [0.25, 0.3) is 0 Å². The molecular formula is C17H19BrN2O. The molecule has 1 aliphatic rings. The highest BCUT2D eigenvalue weighted by atomic mass is 79.9. The average molecular weight is 347 g/mol. The Morgan fingerprint density at radius 2 is 1.90 bits per heavy atom. The van der Waals surface area contributed by atoms with Gasteiger partial charge >= 0.3 is 0 Å². The van der Waals surface area contributed by atoms with Crippen LogP contribution in [0.3, 0.4) is 0 Å². The molecule has 0 bridgehead atoms. The number of aromatic nitrogens is 1. The molecule has 0 fully saturated rings. The number of fused-ring (bicyclic) bond motifs is 1. The molecular weight excluding hydrogens is 328 g/mol. The van der Waals surface area contributed by atoms with Crippen molar-refractivity contribution in [3.8, 4) is 11.6 Å². The van der Waals surface area contributed by atoms with E-state index in [4.69, 9.17) is 10.5 Å². The van der Waals surface area contributed by atoms with Crippen LogP contribution in [-0.4, -0.2) is 4.98 Å². The fourth-order valence-corrected chi connectivity index (χ4v) is 3.04.